The van der Waals surface area contributed by atoms with Crippen molar-refractivity contribution in [2.45, 2.75) is 32.7 Å². The molecule has 0 bridgehead atoms. The molecule has 0 spiro atoms. The summed E-state index contributed by atoms with van der Waals surface area (Å²) in [5.41, 5.74) is 2.73. The summed E-state index contributed by atoms with van der Waals surface area (Å²) in [5.74, 6) is 0. The first-order valence-electron chi connectivity index (χ1n) is 5.55. The predicted octanol–water partition coefficient (Wildman–Crippen LogP) is 2.44. The number of nitriles is 1. The van der Waals surface area contributed by atoms with Gasteiger partial charge in [0.1, 0.15) is 0 Å². The SMILES string of the molecule is Cc1cc(NC(C)CCCO)ccc1C#N. The van der Waals surface area contributed by atoms with Gasteiger partial charge in [0.15, 0.2) is 0 Å². The van der Waals surface area contributed by atoms with Gasteiger partial charge in [-0.1, -0.05) is 0 Å². The number of rotatable bonds is 5. The van der Waals surface area contributed by atoms with Crippen LogP contribution >= 0.6 is 0 Å². The highest BCUT2D eigenvalue weighted by Gasteiger charge is 2.03. The highest BCUT2D eigenvalue weighted by Crippen LogP contribution is 2.16. The minimum absolute atomic E-state index is 0.235. The molecule has 0 aliphatic heterocycles. The standard InChI is InChI=1S/C13H18N2O/c1-10-8-13(6-5-12(10)9-14)15-11(2)4-3-7-16/h5-6,8,11,15-16H,3-4,7H2,1-2H3. The fraction of sp³-hybridized carbons (Fsp3) is 0.462. The van der Waals surface area contributed by atoms with Crippen molar-refractivity contribution in [2.75, 3.05) is 11.9 Å². The maximum absolute atomic E-state index is 8.81. The van der Waals surface area contributed by atoms with Crippen molar-refractivity contribution in [1.29, 1.82) is 5.26 Å². The second-order valence-electron chi connectivity index (χ2n) is 4.05. The van der Waals surface area contributed by atoms with Gasteiger partial charge in [0.05, 0.1) is 11.6 Å². The highest BCUT2D eigenvalue weighted by atomic mass is 16.2. The van der Waals surface area contributed by atoms with Crippen LogP contribution in [0, 0.1) is 18.3 Å². The van der Waals surface area contributed by atoms with Crippen molar-refractivity contribution in [3.05, 3.63) is 29.3 Å². The lowest BCUT2D eigenvalue weighted by Crippen LogP contribution is -2.15. The van der Waals surface area contributed by atoms with Crippen molar-refractivity contribution in [3.63, 3.8) is 0 Å². The molecule has 1 rings (SSSR count). The van der Waals surface area contributed by atoms with E-state index in [9.17, 15) is 0 Å². The summed E-state index contributed by atoms with van der Waals surface area (Å²) in [6.07, 6.45) is 1.75. The Labute approximate surface area is 96.7 Å². The van der Waals surface area contributed by atoms with E-state index in [1.54, 1.807) is 0 Å². The van der Waals surface area contributed by atoms with E-state index in [0.29, 0.717) is 11.6 Å². The molecule has 3 nitrogen and oxygen atoms in total. The largest absolute Gasteiger partial charge is 0.396 e. The Morgan fingerprint density at radius 3 is 2.81 bits per heavy atom. The van der Waals surface area contributed by atoms with E-state index in [-0.39, 0.29) is 6.61 Å². The Kier molecular flexibility index (Phi) is 4.81. The van der Waals surface area contributed by atoms with Gasteiger partial charge in [0.2, 0.25) is 0 Å². The topological polar surface area (TPSA) is 56.0 Å². The molecule has 0 saturated heterocycles. The number of nitrogens with one attached hydrogen (secondary N) is 1. The Hall–Kier alpha value is -1.53. The molecule has 1 aromatic carbocycles. The molecular formula is C13H18N2O. The van der Waals surface area contributed by atoms with Gasteiger partial charge >= 0.3 is 0 Å². The van der Waals surface area contributed by atoms with Gasteiger partial charge in [-0.05, 0) is 50.5 Å². The first kappa shape index (κ1) is 12.5. The van der Waals surface area contributed by atoms with Crippen LogP contribution in [-0.2, 0) is 0 Å². The van der Waals surface area contributed by atoms with Crippen molar-refractivity contribution in [1.82, 2.24) is 0 Å². The third kappa shape index (κ3) is 3.56. The molecule has 3 heteroatoms. The number of anilines is 1. The first-order valence-corrected chi connectivity index (χ1v) is 5.55. The van der Waals surface area contributed by atoms with Crippen LogP contribution in [0.15, 0.2) is 18.2 Å². The maximum Gasteiger partial charge on any atom is 0.0994 e. The van der Waals surface area contributed by atoms with Crippen LogP contribution in [0.3, 0.4) is 0 Å². The number of hydrogen-bond donors (Lipinski definition) is 2. The van der Waals surface area contributed by atoms with Crippen LogP contribution in [0.2, 0.25) is 0 Å². The third-order valence-corrected chi connectivity index (χ3v) is 2.56. The number of hydrogen-bond acceptors (Lipinski definition) is 3. The van der Waals surface area contributed by atoms with E-state index in [0.717, 1.165) is 24.1 Å². The van der Waals surface area contributed by atoms with E-state index < -0.39 is 0 Å². The quantitative estimate of drug-likeness (QED) is 0.798. The Bertz CT molecular complexity index is 382. The lowest BCUT2D eigenvalue weighted by Gasteiger charge is -2.15. The molecule has 0 fully saturated rings. The number of benzene rings is 1. The zero-order chi connectivity index (χ0) is 12.0. The molecule has 0 saturated carbocycles. The number of aliphatic hydroxyl groups is 1. The molecule has 0 aliphatic carbocycles. The molecule has 1 unspecified atom stereocenters. The van der Waals surface area contributed by atoms with Crippen molar-refractivity contribution in [3.8, 4) is 6.07 Å². The van der Waals surface area contributed by atoms with E-state index >= 15 is 0 Å². The molecule has 86 valence electrons. The minimum atomic E-state index is 0.235. The van der Waals surface area contributed by atoms with Gasteiger partial charge in [-0.3, -0.25) is 0 Å². The number of aliphatic hydroxyl groups excluding tert-OH is 1. The van der Waals surface area contributed by atoms with Crippen LogP contribution in [-0.4, -0.2) is 17.8 Å². The van der Waals surface area contributed by atoms with E-state index in [1.165, 1.54) is 0 Å². The Balaban J connectivity index is 2.61. The van der Waals surface area contributed by atoms with Gasteiger partial charge in [-0.2, -0.15) is 5.26 Å². The molecule has 0 amide bonds. The van der Waals surface area contributed by atoms with Gasteiger partial charge in [0.25, 0.3) is 0 Å². The van der Waals surface area contributed by atoms with Crippen molar-refractivity contribution < 1.29 is 5.11 Å². The molecule has 0 heterocycles. The Morgan fingerprint density at radius 2 is 2.25 bits per heavy atom. The summed E-state index contributed by atoms with van der Waals surface area (Å²) < 4.78 is 0. The van der Waals surface area contributed by atoms with E-state index in [2.05, 4.69) is 18.3 Å². The summed E-state index contributed by atoms with van der Waals surface area (Å²) in [5, 5.41) is 20.9. The van der Waals surface area contributed by atoms with Gasteiger partial charge in [-0.15, -0.1) is 0 Å². The predicted molar refractivity (Wildman–Crippen MR) is 65.3 cm³/mol. The summed E-state index contributed by atoms with van der Waals surface area (Å²) in [6.45, 7) is 4.25. The fourth-order valence-corrected chi connectivity index (χ4v) is 1.63. The van der Waals surface area contributed by atoms with Crippen LogP contribution in [0.5, 0.6) is 0 Å². The number of aryl methyl sites for hydroxylation is 1. The maximum atomic E-state index is 8.81. The molecule has 16 heavy (non-hydrogen) atoms. The van der Waals surface area contributed by atoms with Crippen LogP contribution in [0.25, 0.3) is 0 Å². The fourth-order valence-electron chi connectivity index (χ4n) is 1.63. The summed E-state index contributed by atoms with van der Waals surface area (Å²) in [6, 6.07) is 8.21. The summed E-state index contributed by atoms with van der Waals surface area (Å²) in [4.78, 5) is 0. The first-order chi connectivity index (χ1) is 7.67. The monoisotopic (exact) mass is 218 g/mol. The van der Waals surface area contributed by atoms with Crippen LogP contribution in [0.4, 0.5) is 5.69 Å². The van der Waals surface area contributed by atoms with Gasteiger partial charge < -0.3 is 10.4 Å². The van der Waals surface area contributed by atoms with E-state index in [1.807, 2.05) is 25.1 Å². The molecule has 1 atom stereocenters. The lowest BCUT2D eigenvalue weighted by molar-refractivity contribution is 0.282. The Morgan fingerprint density at radius 1 is 1.50 bits per heavy atom. The van der Waals surface area contributed by atoms with Gasteiger partial charge in [0, 0.05) is 18.3 Å². The summed E-state index contributed by atoms with van der Waals surface area (Å²) >= 11 is 0. The van der Waals surface area contributed by atoms with Crippen molar-refractivity contribution in [2.24, 2.45) is 0 Å². The molecule has 0 radical (unpaired) electrons. The molecule has 2 N–H and O–H groups in total. The average Bonchev–Trinajstić information content (AvgIpc) is 2.26. The normalized spacial score (nSPS) is 11.9. The molecule has 0 aliphatic rings. The zero-order valence-corrected chi connectivity index (χ0v) is 9.83. The molecular weight excluding hydrogens is 200 g/mol. The second-order valence-corrected chi connectivity index (χ2v) is 4.05. The smallest absolute Gasteiger partial charge is 0.0994 e. The summed E-state index contributed by atoms with van der Waals surface area (Å²) in [7, 11) is 0. The zero-order valence-electron chi connectivity index (χ0n) is 9.83. The molecule has 1 aromatic rings. The number of nitrogens with zero attached hydrogens (tertiary/aromatic N) is 1. The highest BCUT2D eigenvalue weighted by molar-refractivity contribution is 5.51. The van der Waals surface area contributed by atoms with Crippen LogP contribution < -0.4 is 5.32 Å². The van der Waals surface area contributed by atoms with Crippen LogP contribution in [0.1, 0.15) is 30.9 Å². The lowest BCUT2D eigenvalue weighted by atomic mass is 10.1. The van der Waals surface area contributed by atoms with E-state index in [4.69, 9.17) is 10.4 Å². The van der Waals surface area contributed by atoms with Crippen molar-refractivity contribution >= 4 is 5.69 Å². The average molecular weight is 218 g/mol. The minimum Gasteiger partial charge on any atom is -0.396 e. The van der Waals surface area contributed by atoms with Gasteiger partial charge in [-0.25, -0.2) is 0 Å². The molecule has 0 aromatic heterocycles. The third-order valence-electron chi connectivity index (χ3n) is 2.56. The second kappa shape index (κ2) is 6.14.